The Hall–Kier alpha value is -3.83. The fraction of sp³-hybridized carbons (Fsp3) is 0. The zero-order chi connectivity index (χ0) is 16.8. The third-order valence-corrected chi connectivity index (χ3v) is 3.11. The van der Waals surface area contributed by atoms with E-state index in [0.29, 0.717) is 34.4 Å². The highest BCUT2D eigenvalue weighted by Crippen LogP contribution is 2.25. The number of aromatic nitrogens is 1. The van der Waals surface area contributed by atoms with E-state index in [2.05, 4.69) is 17.1 Å². The molecule has 24 heavy (non-hydrogen) atoms. The van der Waals surface area contributed by atoms with Crippen LogP contribution in [-0.2, 0) is 0 Å². The first-order chi connectivity index (χ1) is 11.8. The minimum Gasteiger partial charge on any atom is -0.439 e. The molecule has 0 spiro atoms. The SMILES string of the molecule is N#Cc1ccc(Oc2cccc(Oc3ccc(C#N)cc3)n2)cc1. The van der Waals surface area contributed by atoms with Crippen molar-refractivity contribution in [3.05, 3.63) is 77.9 Å². The molecule has 0 saturated carbocycles. The standard InChI is InChI=1S/C19H11N3O2/c20-12-14-4-8-16(9-5-14)23-18-2-1-3-19(22-18)24-17-10-6-15(13-21)7-11-17/h1-11H. The van der Waals surface area contributed by atoms with Gasteiger partial charge in [0.05, 0.1) is 23.3 Å². The molecule has 0 bridgehead atoms. The molecule has 0 amide bonds. The van der Waals surface area contributed by atoms with E-state index >= 15 is 0 Å². The molecule has 0 saturated heterocycles. The normalized spacial score (nSPS) is 9.58. The summed E-state index contributed by atoms with van der Waals surface area (Å²) >= 11 is 0. The van der Waals surface area contributed by atoms with E-state index < -0.39 is 0 Å². The van der Waals surface area contributed by atoms with Gasteiger partial charge in [0.2, 0.25) is 11.8 Å². The molecule has 0 fully saturated rings. The summed E-state index contributed by atoms with van der Waals surface area (Å²) in [5, 5.41) is 17.6. The summed E-state index contributed by atoms with van der Waals surface area (Å²) in [4.78, 5) is 4.27. The third kappa shape index (κ3) is 3.68. The van der Waals surface area contributed by atoms with Gasteiger partial charge in [0.1, 0.15) is 11.5 Å². The Morgan fingerprint density at radius 2 is 1.04 bits per heavy atom. The van der Waals surface area contributed by atoms with Crippen LogP contribution < -0.4 is 9.47 Å². The molecule has 0 radical (unpaired) electrons. The Morgan fingerprint density at radius 1 is 0.625 bits per heavy atom. The summed E-state index contributed by atoms with van der Waals surface area (Å²) < 4.78 is 11.3. The van der Waals surface area contributed by atoms with Crippen molar-refractivity contribution in [2.45, 2.75) is 0 Å². The van der Waals surface area contributed by atoms with Crippen LogP contribution in [0.4, 0.5) is 0 Å². The number of nitriles is 2. The van der Waals surface area contributed by atoms with E-state index in [-0.39, 0.29) is 0 Å². The topological polar surface area (TPSA) is 78.9 Å². The van der Waals surface area contributed by atoms with Gasteiger partial charge in [0.25, 0.3) is 0 Å². The molecule has 0 atom stereocenters. The predicted molar refractivity (Wildman–Crippen MR) is 86.7 cm³/mol. The summed E-state index contributed by atoms with van der Waals surface area (Å²) in [6.45, 7) is 0. The molecule has 0 aliphatic heterocycles. The molecular weight excluding hydrogens is 302 g/mol. The average molecular weight is 313 g/mol. The van der Waals surface area contributed by atoms with Crippen LogP contribution in [0.5, 0.6) is 23.3 Å². The molecule has 0 N–H and O–H groups in total. The van der Waals surface area contributed by atoms with Crippen LogP contribution in [0.15, 0.2) is 66.7 Å². The summed E-state index contributed by atoms with van der Waals surface area (Å²) in [6.07, 6.45) is 0. The highest BCUT2D eigenvalue weighted by Gasteiger charge is 2.03. The molecule has 3 rings (SSSR count). The first-order valence-electron chi connectivity index (χ1n) is 7.10. The van der Waals surface area contributed by atoms with Gasteiger partial charge in [-0.25, -0.2) is 0 Å². The van der Waals surface area contributed by atoms with Gasteiger partial charge in [0.15, 0.2) is 0 Å². The molecule has 0 unspecified atom stereocenters. The van der Waals surface area contributed by atoms with Crippen molar-refractivity contribution in [1.29, 1.82) is 10.5 Å². The Balaban J connectivity index is 1.73. The first kappa shape index (κ1) is 15.1. The molecule has 5 nitrogen and oxygen atoms in total. The smallest absolute Gasteiger partial charge is 0.222 e. The van der Waals surface area contributed by atoms with Gasteiger partial charge in [-0.1, -0.05) is 6.07 Å². The van der Waals surface area contributed by atoms with Crippen molar-refractivity contribution >= 4 is 0 Å². The highest BCUT2D eigenvalue weighted by molar-refractivity contribution is 5.38. The number of benzene rings is 2. The molecule has 1 aromatic heterocycles. The van der Waals surface area contributed by atoms with Gasteiger partial charge < -0.3 is 9.47 Å². The lowest BCUT2D eigenvalue weighted by molar-refractivity contribution is 0.426. The third-order valence-electron chi connectivity index (χ3n) is 3.11. The van der Waals surface area contributed by atoms with Gasteiger partial charge in [-0.2, -0.15) is 15.5 Å². The van der Waals surface area contributed by atoms with E-state index in [1.54, 1.807) is 66.7 Å². The maximum absolute atomic E-state index is 8.79. The minimum absolute atomic E-state index is 0.380. The number of pyridine rings is 1. The Kier molecular flexibility index (Phi) is 4.37. The largest absolute Gasteiger partial charge is 0.439 e. The fourth-order valence-corrected chi connectivity index (χ4v) is 1.95. The molecule has 2 aromatic carbocycles. The Labute approximate surface area is 139 Å². The Bertz CT molecular complexity index is 846. The van der Waals surface area contributed by atoms with Crippen LogP contribution in [0, 0.1) is 22.7 Å². The molecule has 0 aliphatic rings. The van der Waals surface area contributed by atoms with Crippen LogP contribution in [0.2, 0.25) is 0 Å². The maximum Gasteiger partial charge on any atom is 0.222 e. The minimum atomic E-state index is 0.380. The van der Waals surface area contributed by atoms with Crippen LogP contribution in [0.25, 0.3) is 0 Å². The molecule has 3 aromatic rings. The molecule has 5 heteroatoms. The summed E-state index contributed by atoms with van der Waals surface area (Å²) in [6, 6.07) is 22.8. The first-order valence-corrected chi connectivity index (χ1v) is 7.10. The van der Waals surface area contributed by atoms with Crippen molar-refractivity contribution in [1.82, 2.24) is 4.98 Å². The zero-order valence-corrected chi connectivity index (χ0v) is 12.5. The van der Waals surface area contributed by atoms with Gasteiger partial charge in [0, 0.05) is 12.1 Å². The lowest BCUT2D eigenvalue weighted by Gasteiger charge is -2.08. The lowest BCUT2D eigenvalue weighted by Crippen LogP contribution is -1.92. The Morgan fingerprint density at radius 3 is 1.42 bits per heavy atom. The molecule has 0 aliphatic carbocycles. The van der Waals surface area contributed by atoms with E-state index in [1.807, 2.05) is 0 Å². The number of ether oxygens (including phenoxy) is 2. The van der Waals surface area contributed by atoms with E-state index in [1.165, 1.54) is 0 Å². The fourth-order valence-electron chi connectivity index (χ4n) is 1.95. The van der Waals surface area contributed by atoms with Crippen molar-refractivity contribution in [2.75, 3.05) is 0 Å². The predicted octanol–water partition coefficient (Wildman–Crippen LogP) is 4.41. The zero-order valence-electron chi connectivity index (χ0n) is 12.5. The number of nitrogens with zero attached hydrogens (tertiary/aromatic N) is 3. The van der Waals surface area contributed by atoms with Crippen LogP contribution in [0.1, 0.15) is 11.1 Å². The lowest BCUT2D eigenvalue weighted by atomic mass is 10.2. The monoisotopic (exact) mass is 313 g/mol. The van der Waals surface area contributed by atoms with E-state index in [9.17, 15) is 0 Å². The number of rotatable bonds is 4. The number of hydrogen-bond acceptors (Lipinski definition) is 5. The summed E-state index contributed by atoms with van der Waals surface area (Å²) in [5.74, 6) is 1.92. The van der Waals surface area contributed by atoms with Crippen LogP contribution >= 0.6 is 0 Å². The van der Waals surface area contributed by atoms with Gasteiger partial charge >= 0.3 is 0 Å². The second-order valence-electron chi connectivity index (χ2n) is 4.79. The summed E-state index contributed by atoms with van der Waals surface area (Å²) in [7, 11) is 0. The number of hydrogen-bond donors (Lipinski definition) is 0. The maximum atomic E-state index is 8.79. The van der Waals surface area contributed by atoms with E-state index in [4.69, 9.17) is 20.0 Å². The highest BCUT2D eigenvalue weighted by atomic mass is 16.5. The second-order valence-corrected chi connectivity index (χ2v) is 4.79. The van der Waals surface area contributed by atoms with Gasteiger partial charge in [-0.05, 0) is 48.5 Å². The second kappa shape index (κ2) is 6.95. The van der Waals surface area contributed by atoms with Gasteiger partial charge in [-0.15, -0.1) is 0 Å². The summed E-state index contributed by atoms with van der Waals surface area (Å²) in [5.41, 5.74) is 1.13. The van der Waals surface area contributed by atoms with E-state index in [0.717, 1.165) is 0 Å². The van der Waals surface area contributed by atoms with Crippen molar-refractivity contribution in [3.63, 3.8) is 0 Å². The molecular formula is C19H11N3O2. The quantitative estimate of drug-likeness (QED) is 0.712. The molecule has 1 heterocycles. The van der Waals surface area contributed by atoms with Crippen LogP contribution in [-0.4, -0.2) is 4.98 Å². The average Bonchev–Trinajstić information content (AvgIpc) is 2.63. The van der Waals surface area contributed by atoms with Gasteiger partial charge in [-0.3, -0.25) is 0 Å². The molecule has 114 valence electrons. The van der Waals surface area contributed by atoms with Crippen molar-refractivity contribution < 1.29 is 9.47 Å². The van der Waals surface area contributed by atoms with Crippen molar-refractivity contribution in [2.24, 2.45) is 0 Å². The van der Waals surface area contributed by atoms with Crippen molar-refractivity contribution in [3.8, 4) is 35.4 Å². The van der Waals surface area contributed by atoms with Crippen LogP contribution in [0.3, 0.4) is 0 Å².